The Morgan fingerprint density at radius 1 is 1.54 bits per heavy atom. The Labute approximate surface area is 75.8 Å². The lowest BCUT2D eigenvalue weighted by molar-refractivity contribution is -0.134. The van der Waals surface area contributed by atoms with E-state index in [-0.39, 0.29) is 0 Å². The number of hydrogen-bond acceptors (Lipinski definition) is 2. The Morgan fingerprint density at radius 2 is 2.23 bits per heavy atom. The minimum absolute atomic E-state index is 0.458. The minimum Gasteiger partial charge on any atom is -0.476 e. The summed E-state index contributed by atoms with van der Waals surface area (Å²) in [5.41, 5.74) is 0.458. The van der Waals surface area contributed by atoms with Crippen molar-refractivity contribution in [2.45, 2.75) is 25.3 Å². The number of carboxylic acids is 1. The SMILES string of the molecule is O=C(O)C(F)=C1CCN(C2CC2)C1. The van der Waals surface area contributed by atoms with Gasteiger partial charge in [0, 0.05) is 19.1 Å². The molecule has 1 heterocycles. The van der Waals surface area contributed by atoms with Crippen LogP contribution in [0.3, 0.4) is 0 Å². The van der Waals surface area contributed by atoms with Gasteiger partial charge in [0.15, 0.2) is 0 Å². The van der Waals surface area contributed by atoms with E-state index in [0.717, 1.165) is 6.54 Å². The zero-order valence-corrected chi connectivity index (χ0v) is 7.29. The molecule has 1 saturated carbocycles. The van der Waals surface area contributed by atoms with E-state index in [1.807, 2.05) is 0 Å². The lowest BCUT2D eigenvalue weighted by atomic mass is 10.2. The molecule has 0 amide bonds. The van der Waals surface area contributed by atoms with Gasteiger partial charge in [0.25, 0.3) is 0 Å². The average Bonchev–Trinajstić information content (AvgIpc) is 2.83. The van der Waals surface area contributed by atoms with Gasteiger partial charge in [-0.1, -0.05) is 0 Å². The minimum atomic E-state index is -1.42. The molecular formula is C9H12FNO2. The highest BCUT2D eigenvalue weighted by Gasteiger charge is 2.33. The molecule has 0 aromatic carbocycles. The van der Waals surface area contributed by atoms with Crippen LogP contribution in [0.4, 0.5) is 4.39 Å². The van der Waals surface area contributed by atoms with Crippen LogP contribution in [0.5, 0.6) is 0 Å². The first-order valence-corrected chi connectivity index (χ1v) is 4.53. The summed E-state index contributed by atoms with van der Waals surface area (Å²) in [7, 11) is 0. The second-order valence-corrected chi connectivity index (χ2v) is 3.67. The molecule has 0 unspecified atom stereocenters. The summed E-state index contributed by atoms with van der Waals surface area (Å²) in [6.45, 7) is 1.34. The third-order valence-electron chi connectivity index (χ3n) is 2.66. The Bertz CT molecular complexity index is 271. The molecule has 13 heavy (non-hydrogen) atoms. The lowest BCUT2D eigenvalue weighted by Gasteiger charge is -2.11. The highest BCUT2D eigenvalue weighted by atomic mass is 19.1. The molecule has 3 nitrogen and oxygen atoms in total. The van der Waals surface area contributed by atoms with Gasteiger partial charge < -0.3 is 5.11 Å². The van der Waals surface area contributed by atoms with Gasteiger partial charge in [-0.3, -0.25) is 4.90 Å². The number of likely N-dealkylation sites (tertiary alicyclic amines) is 1. The van der Waals surface area contributed by atoms with Crippen molar-refractivity contribution in [3.8, 4) is 0 Å². The molecule has 0 atom stereocenters. The van der Waals surface area contributed by atoms with Crippen LogP contribution >= 0.6 is 0 Å². The molecule has 0 aromatic heterocycles. The zero-order chi connectivity index (χ0) is 9.42. The maximum Gasteiger partial charge on any atom is 0.364 e. The molecule has 4 heteroatoms. The maximum atomic E-state index is 12.9. The van der Waals surface area contributed by atoms with Crippen molar-refractivity contribution >= 4 is 5.97 Å². The van der Waals surface area contributed by atoms with Crippen molar-refractivity contribution in [3.05, 3.63) is 11.4 Å². The molecule has 72 valence electrons. The van der Waals surface area contributed by atoms with Crippen LogP contribution in [0.25, 0.3) is 0 Å². The maximum absolute atomic E-state index is 12.9. The zero-order valence-electron chi connectivity index (χ0n) is 7.29. The third kappa shape index (κ3) is 1.72. The van der Waals surface area contributed by atoms with Crippen LogP contribution in [0.2, 0.25) is 0 Å². The van der Waals surface area contributed by atoms with Crippen LogP contribution in [0.1, 0.15) is 19.3 Å². The van der Waals surface area contributed by atoms with Crippen LogP contribution < -0.4 is 0 Å². The Kier molecular flexibility index (Phi) is 2.07. The predicted octanol–water partition coefficient (Wildman–Crippen LogP) is 1.16. The molecule has 2 fully saturated rings. The second kappa shape index (κ2) is 3.10. The number of carbonyl (C=O) groups is 1. The number of nitrogens with zero attached hydrogens (tertiary/aromatic N) is 1. The molecule has 2 rings (SSSR count). The molecule has 2 aliphatic rings. The summed E-state index contributed by atoms with van der Waals surface area (Å²) < 4.78 is 12.9. The van der Waals surface area contributed by atoms with Crippen molar-refractivity contribution in [2.24, 2.45) is 0 Å². The van der Waals surface area contributed by atoms with Gasteiger partial charge in [-0.15, -0.1) is 0 Å². The average molecular weight is 185 g/mol. The topological polar surface area (TPSA) is 40.5 Å². The van der Waals surface area contributed by atoms with E-state index in [0.29, 0.717) is 24.6 Å². The number of halogens is 1. The van der Waals surface area contributed by atoms with Gasteiger partial charge in [0.1, 0.15) is 0 Å². The lowest BCUT2D eigenvalue weighted by Crippen LogP contribution is -2.21. The largest absolute Gasteiger partial charge is 0.476 e. The molecule has 1 aliphatic heterocycles. The highest BCUT2D eigenvalue weighted by Crippen LogP contribution is 2.32. The van der Waals surface area contributed by atoms with E-state index in [9.17, 15) is 9.18 Å². The van der Waals surface area contributed by atoms with Gasteiger partial charge in [0.2, 0.25) is 5.83 Å². The van der Waals surface area contributed by atoms with Crippen LogP contribution in [-0.2, 0) is 4.79 Å². The number of rotatable bonds is 2. The summed E-state index contributed by atoms with van der Waals surface area (Å²) in [5, 5.41) is 8.43. The molecule has 0 aromatic rings. The van der Waals surface area contributed by atoms with Gasteiger partial charge in [-0.2, -0.15) is 4.39 Å². The summed E-state index contributed by atoms with van der Waals surface area (Å²) >= 11 is 0. The summed E-state index contributed by atoms with van der Waals surface area (Å²) in [6.07, 6.45) is 2.94. The summed E-state index contributed by atoms with van der Waals surface area (Å²) in [4.78, 5) is 12.5. The fourth-order valence-electron chi connectivity index (χ4n) is 1.76. The molecule has 0 spiro atoms. The number of aliphatic carboxylic acids is 1. The monoisotopic (exact) mass is 185 g/mol. The van der Waals surface area contributed by atoms with E-state index < -0.39 is 11.8 Å². The van der Waals surface area contributed by atoms with Crippen molar-refractivity contribution in [3.63, 3.8) is 0 Å². The second-order valence-electron chi connectivity index (χ2n) is 3.67. The van der Waals surface area contributed by atoms with Gasteiger partial charge >= 0.3 is 5.97 Å². The van der Waals surface area contributed by atoms with Crippen molar-refractivity contribution in [1.29, 1.82) is 0 Å². The first-order valence-electron chi connectivity index (χ1n) is 4.53. The first-order chi connectivity index (χ1) is 6.18. The Balaban J connectivity index is 2.03. The molecule has 0 radical (unpaired) electrons. The Morgan fingerprint density at radius 3 is 2.77 bits per heavy atom. The number of hydrogen-bond donors (Lipinski definition) is 1. The van der Waals surface area contributed by atoms with E-state index >= 15 is 0 Å². The van der Waals surface area contributed by atoms with Gasteiger partial charge in [-0.25, -0.2) is 4.79 Å². The third-order valence-corrected chi connectivity index (χ3v) is 2.66. The highest BCUT2D eigenvalue weighted by molar-refractivity contribution is 5.85. The normalized spacial score (nSPS) is 27.8. The van der Waals surface area contributed by atoms with E-state index in [1.54, 1.807) is 0 Å². The van der Waals surface area contributed by atoms with E-state index in [4.69, 9.17) is 5.11 Å². The van der Waals surface area contributed by atoms with Gasteiger partial charge in [0.05, 0.1) is 0 Å². The smallest absolute Gasteiger partial charge is 0.364 e. The predicted molar refractivity (Wildman–Crippen MR) is 45.0 cm³/mol. The van der Waals surface area contributed by atoms with E-state index in [2.05, 4.69) is 4.90 Å². The molecule has 0 bridgehead atoms. The van der Waals surface area contributed by atoms with Crippen molar-refractivity contribution in [1.82, 2.24) is 4.90 Å². The fourth-order valence-corrected chi connectivity index (χ4v) is 1.76. The first kappa shape index (κ1) is 8.69. The van der Waals surface area contributed by atoms with Crippen LogP contribution in [0.15, 0.2) is 11.4 Å². The fraction of sp³-hybridized carbons (Fsp3) is 0.667. The van der Waals surface area contributed by atoms with Crippen LogP contribution in [-0.4, -0.2) is 35.1 Å². The van der Waals surface area contributed by atoms with Crippen molar-refractivity contribution < 1.29 is 14.3 Å². The molecule has 1 saturated heterocycles. The molecule has 1 N–H and O–H groups in total. The quantitative estimate of drug-likeness (QED) is 0.656. The standard InChI is InChI=1S/C9H12FNO2/c10-8(9(12)13)6-3-4-11(5-6)7-1-2-7/h7H,1-5H2,(H,12,13). The molecular weight excluding hydrogens is 173 g/mol. The van der Waals surface area contributed by atoms with Crippen LogP contribution in [0, 0.1) is 0 Å². The summed E-state index contributed by atoms with van der Waals surface area (Å²) in [6, 6.07) is 0.596. The van der Waals surface area contributed by atoms with Gasteiger partial charge in [-0.05, 0) is 24.8 Å². The van der Waals surface area contributed by atoms with Crippen molar-refractivity contribution in [2.75, 3.05) is 13.1 Å². The van der Waals surface area contributed by atoms with E-state index in [1.165, 1.54) is 12.8 Å². The Hall–Kier alpha value is -0.900. The summed E-state index contributed by atoms with van der Waals surface area (Å²) in [5.74, 6) is -2.37. The number of carboxylic acid groups (broad SMARTS) is 1. The molecule has 1 aliphatic carbocycles.